The number of halogens is 3. The van der Waals surface area contributed by atoms with Crippen molar-refractivity contribution in [3.05, 3.63) is 69.5 Å². The molecule has 0 bridgehead atoms. The van der Waals surface area contributed by atoms with E-state index < -0.39 is 11.7 Å². The van der Waals surface area contributed by atoms with Crippen molar-refractivity contribution in [2.75, 3.05) is 38.1 Å². The molecule has 9 heteroatoms. The van der Waals surface area contributed by atoms with Crippen molar-refractivity contribution in [3.63, 3.8) is 0 Å². The molecule has 40 heavy (non-hydrogen) atoms. The third-order valence-corrected chi connectivity index (χ3v) is 9.04. The molecule has 1 unspecified atom stereocenters. The van der Waals surface area contributed by atoms with Crippen molar-refractivity contribution >= 4 is 23.1 Å². The number of benzene rings is 1. The number of pyridine rings is 1. The molecular weight excluding hydrogens is 533 g/mol. The normalized spacial score (nSPS) is 20.5. The molecule has 2 saturated heterocycles. The summed E-state index contributed by atoms with van der Waals surface area (Å²) in [7, 11) is 2.12. The highest BCUT2D eigenvalue weighted by molar-refractivity contribution is 7.10. The van der Waals surface area contributed by atoms with Gasteiger partial charge in [0.25, 0.3) is 0 Å². The zero-order valence-electron chi connectivity index (χ0n) is 23.5. The van der Waals surface area contributed by atoms with Crippen molar-refractivity contribution in [1.82, 2.24) is 14.8 Å². The Bertz CT molecular complexity index is 1320. The van der Waals surface area contributed by atoms with Crippen LogP contribution in [0.2, 0.25) is 0 Å². The molecule has 0 saturated carbocycles. The molecule has 2 atom stereocenters. The lowest BCUT2D eigenvalue weighted by Gasteiger charge is -2.42. The summed E-state index contributed by atoms with van der Waals surface area (Å²) in [4.78, 5) is 26.1. The summed E-state index contributed by atoms with van der Waals surface area (Å²) < 4.78 is 39.8. The number of anilines is 1. The van der Waals surface area contributed by atoms with E-state index >= 15 is 0 Å². The zero-order chi connectivity index (χ0) is 28.6. The van der Waals surface area contributed by atoms with Crippen molar-refractivity contribution < 1.29 is 18.0 Å². The molecule has 2 aromatic heterocycles. The molecule has 2 aliphatic rings. The molecule has 1 aromatic carbocycles. The van der Waals surface area contributed by atoms with E-state index in [0.717, 1.165) is 64.6 Å². The number of aromatic nitrogens is 1. The van der Waals surface area contributed by atoms with Gasteiger partial charge in [0.1, 0.15) is 5.82 Å². The SMILES string of the molecule is CC(C)c1nc(N2CCN(C(=O)Cc3cccs3)C(C)C2)c([C@H]2CCCN2C)cc1-c1ccc(C(F)(F)F)cc1. The standard InChI is InChI=1S/C31H37F3N4OS/c1-20(2)29-25(22-9-11-23(12-10-22)31(32,33)34)18-26(27-8-5-13-36(27)4)30(35-29)37-14-15-38(21(3)19-37)28(39)17-24-7-6-16-40-24/h6-7,9-12,16,18,20-21,27H,5,8,13-15,17,19H2,1-4H3/t21?,27-/m1/s1. The number of piperazine rings is 1. The topological polar surface area (TPSA) is 39.7 Å². The molecule has 4 heterocycles. The second kappa shape index (κ2) is 11.5. The molecule has 0 spiro atoms. The lowest BCUT2D eigenvalue weighted by molar-refractivity contribution is -0.137. The number of carbonyl (C=O) groups excluding carboxylic acids is 1. The van der Waals surface area contributed by atoms with Crippen LogP contribution in [0.3, 0.4) is 0 Å². The first-order valence-corrected chi connectivity index (χ1v) is 14.9. The maximum absolute atomic E-state index is 13.3. The fourth-order valence-corrected chi connectivity index (χ4v) is 6.72. The smallest absolute Gasteiger partial charge is 0.353 e. The summed E-state index contributed by atoms with van der Waals surface area (Å²) in [6.07, 6.45) is -1.85. The van der Waals surface area contributed by atoms with Gasteiger partial charge < -0.3 is 9.80 Å². The van der Waals surface area contributed by atoms with Crippen LogP contribution in [0.25, 0.3) is 11.1 Å². The van der Waals surface area contributed by atoms with Crippen LogP contribution in [0.4, 0.5) is 19.0 Å². The van der Waals surface area contributed by atoms with Gasteiger partial charge in [0.15, 0.2) is 0 Å². The first kappa shape index (κ1) is 28.6. The van der Waals surface area contributed by atoms with Crippen molar-refractivity contribution in [1.29, 1.82) is 0 Å². The minimum atomic E-state index is -4.37. The molecule has 214 valence electrons. The number of rotatable bonds is 6. The maximum Gasteiger partial charge on any atom is 0.416 e. The number of hydrogen-bond acceptors (Lipinski definition) is 5. The number of carbonyl (C=O) groups is 1. The minimum absolute atomic E-state index is 0.0364. The Morgan fingerprint density at radius 3 is 2.45 bits per heavy atom. The highest BCUT2D eigenvalue weighted by atomic mass is 32.1. The molecule has 3 aromatic rings. The van der Waals surface area contributed by atoms with Crippen LogP contribution in [0.5, 0.6) is 0 Å². The molecule has 0 N–H and O–H groups in total. The van der Waals surface area contributed by atoms with Gasteiger partial charge in [-0.1, -0.05) is 32.0 Å². The van der Waals surface area contributed by atoms with E-state index in [2.05, 4.69) is 43.7 Å². The Kier molecular flexibility index (Phi) is 8.25. The molecule has 1 amide bonds. The number of alkyl halides is 3. The van der Waals surface area contributed by atoms with Gasteiger partial charge in [-0.2, -0.15) is 13.2 Å². The van der Waals surface area contributed by atoms with E-state index in [0.29, 0.717) is 26.1 Å². The first-order chi connectivity index (χ1) is 19.0. The summed E-state index contributed by atoms with van der Waals surface area (Å²) >= 11 is 1.61. The fourth-order valence-electron chi connectivity index (χ4n) is 6.03. The monoisotopic (exact) mass is 570 g/mol. The second-order valence-electron chi connectivity index (χ2n) is 11.3. The van der Waals surface area contributed by atoms with Gasteiger partial charge in [-0.3, -0.25) is 9.69 Å². The highest BCUT2D eigenvalue weighted by Crippen LogP contribution is 2.41. The third kappa shape index (κ3) is 5.91. The van der Waals surface area contributed by atoms with E-state index in [4.69, 9.17) is 4.98 Å². The number of amides is 1. The van der Waals surface area contributed by atoms with E-state index in [1.165, 1.54) is 0 Å². The maximum atomic E-state index is 13.3. The molecule has 2 fully saturated rings. The van der Waals surface area contributed by atoms with Crippen molar-refractivity contribution in [2.24, 2.45) is 0 Å². The van der Waals surface area contributed by atoms with E-state index in [-0.39, 0.29) is 23.9 Å². The lowest BCUT2D eigenvalue weighted by atomic mass is 9.92. The summed E-state index contributed by atoms with van der Waals surface area (Å²) in [6, 6.07) is 11.8. The highest BCUT2D eigenvalue weighted by Gasteiger charge is 2.34. The van der Waals surface area contributed by atoms with Gasteiger partial charge in [0.2, 0.25) is 5.91 Å². The largest absolute Gasteiger partial charge is 0.416 e. The van der Waals surface area contributed by atoms with Crippen LogP contribution in [-0.2, 0) is 17.4 Å². The third-order valence-electron chi connectivity index (χ3n) is 8.16. The zero-order valence-corrected chi connectivity index (χ0v) is 24.4. The van der Waals surface area contributed by atoms with Crippen LogP contribution >= 0.6 is 11.3 Å². The van der Waals surface area contributed by atoms with Crippen molar-refractivity contribution in [2.45, 2.75) is 64.2 Å². The molecule has 5 rings (SSSR count). The fraction of sp³-hybridized carbons (Fsp3) is 0.484. The van der Waals surface area contributed by atoms with Crippen LogP contribution in [0, 0.1) is 0 Å². The number of hydrogen-bond donors (Lipinski definition) is 0. The van der Waals surface area contributed by atoms with E-state index in [9.17, 15) is 18.0 Å². The predicted octanol–water partition coefficient (Wildman–Crippen LogP) is 7.00. The molecule has 2 aliphatic heterocycles. The summed E-state index contributed by atoms with van der Waals surface area (Å²) in [5, 5.41) is 2.00. The second-order valence-corrected chi connectivity index (χ2v) is 12.4. The number of likely N-dealkylation sites (tertiary alicyclic amines) is 1. The van der Waals surface area contributed by atoms with Gasteiger partial charge in [-0.15, -0.1) is 11.3 Å². The van der Waals surface area contributed by atoms with Gasteiger partial charge in [0.05, 0.1) is 17.7 Å². The number of thiophene rings is 1. The van der Waals surface area contributed by atoms with Gasteiger partial charge >= 0.3 is 6.18 Å². The molecule has 0 radical (unpaired) electrons. The molecule has 5 nitrogen and oxygen atoms in total. The van der Waals surface area contributed by atoms with E-state index in [1.54, 1.807) is 23.5 Å². The summed E-state index contributed by atoms with van der Waals surface area (Å²) in [6.45, 7) is 9.24. The Morgan fingerprint density at radius 2 is 1.88 bits per heavy atom. The summed E-state index contributed by atoms with van der Waals surface area (Å²) in [5.41, 5.74) is 2.98. The first-order valence-electron chi connectivity index (χ1n) is 14.0. The average Bonchev–Trinajstić information content (AvgIpc) is 3.59. The predicted molar refractivity (Wildman–Crippen MR) is 155 cm³/mol. The molecular formula is C31H37F3N4OS. The van der Waals surface area contributed by atoms with Crippen molar-refractivity contribution in [3.8, 4) is 11.1 Å². The van der Waals surface area contributed by atoms with E-state index in [1.807, 2.05) is 22.4 Å². The van der Waals surface area contributed by atoms with Gasteiger partial charge in [-0.25, -0.2) is 4.98 Å². The molecule has 0 aliphatic carbocycles. The van der Waals surface area contributed by atoms with Gasteiger partial charge in [-0.05, 0) is 74.5 Å². The minimum Gasteiger partial charge on any atom is -0.353 e. The lowest BCUT2D eigenvalue weighted by Crippen LogP contribution is -2.55. The van der Waals surface area contributed by atoms with Crippen LogP contribution in [-0.4, -0.2) is 60.0 Å². The van der Waals surface area contributed by atoms with Gasteiger partial charge in [0, 0.05) is 47.7 Å². The average molecular weight is 571 g/mol. The Balaban J connectivity index is 1.49. The Hall–Kier alpha value is -2.91. The van der Waals surface area contributed by atoms with Crippen LogP contribution < -0.4 is 4.90 Å². The Labute approximate surface area is 238 Å². The summed E-state index contributed by atoms with van der Waals surface area (Å²) in [5.74, 6) is 1.17. The Morgan fingerprint density at radius 1 is 1.12 bits per heavy atom. The quantitative estimate of drug-likeness (QED) is 0.320. The van der Waals surface area contributed by atoms with Crippen LogP contribution in [0.15, 0.2) is 47.8 Å². The number of nitrogens with zero attached hydrogens (tertiary/aromatic N) is 4. The van der Waals surface area contributed by atoms with Crippen LogP contribution in [0.1, 0.15) is 67.3 Å².